The second-order valence-corrected chi connectivity index (χ2v) is 4.21. The third kappa shape index (κ3) is 5.19. The molecule has 1 aromatic heterocycles. The molecule has 1 aromatic rings. The van der Waals surface area contributed by atoms with Gasteiger partial charge in [0.25, 0.3) is 0 Å². The number of aryl methyl sites for hydroxylation is 1. The molecule has 1 heterocycles. The van der Waals surface area contributed by atoms with Gasteiger partial charge in [0, 0.05) is 31.7 Å². The first-order chi connectivity index (χ1) is 7.50. The summed E-state index contributed by atoms with van der Waals surface area (Å²) in [6, 6.07) is -0.113. The average molecular weight is 261 g/mol. The van der Waals surface area contributed by atoms with Gasteiger partial charge in [-0.1, -0.05) is 6.92 Å². The summed E-state index contributed by atoms with van der Waals surface area (Å²) < 4.78 is 1.75. The van der Waals surface area contributed by atoms with Crippen LogP contribution in [0.2, 0.25) is 0 Å². The van der Waals surface area contributed by atoms with Crippen molar-refractivity contribution >= 4 is 18.3 Å². The van der Waals surface area contributed by atoms with Crippen molar-refractivity contribution < 1.29 is 4.79 Å². The summed E-state index contributed by atoms with van der Waals surface area (Å²) in [5.74, 6) is -0.132. The fraction of sp³-hybridized carbons (Fsp3) is 0.636. The van der Waals surface area contributed by atoms with E-state index in [2.05, 4.69) is 10.4 Å². The highest BCUT2D eigenvalue weighted by atomic mass is 35.5. The molecule has 0 saturated carbocycles. The van der Waals surface area contributed by atoms with Gasteiger partial charge in [-0.25, -0.2) is 0 Å². The molecule has 1 rings (SSSR count). The van der Waals surface area contributed by atoms with E-state index in [0.29, 0.717) is 6.54 Å². The molecule has 0 aliphatic rings. The van der Waals surface area contributed by atoms with Crippen molar-refractivity contribution in [3.63, 3.8) is 0 Å². The fourth-order valence-electron chi connectivity index (χ4n) is 1.33. The Kier molecular flexibility index (Phi) is 6.83. The van der Waals surface area contributed by atoms with Crippen LogP contribution in [0.4, 0.5) is 0 Å². The lowest BCUT2D eigenvalue weighted by Gasteiger charge is -2.14. The van der Waals surface area contributed by atoms with E-state index in [1.165, 1.54) is 0 Å². The normalized spacial score (nSPS) is 13.6. The molecule has 3 N–H and O–H groups in total. The largest absolute Gasteiger partial charge is 0.355 e. The first-order valence-corrected chi connectivity index (χ1v) is 5.51. The number of carbonyl (C=O) groups is 1. The predicted octanol–water partition coefficient (Wildman–Crippen LogP) is 0.484. The highest BCUT2D eigenvalue weighted by molar-refractivity contribution is 5.85. The molecule has 0 aliphatic heterocycles. The summed E-state index contributed by atoms with van der Waals surface area (Å²) in [6.45, 7) is 4.30. The average Bonchev–Trinajstić information content (AvgIpc) is 2.62. The van der Waals surface area contributed by atoms with Crippen LogP contribution in [0.15, 0.2) is 12.4 Å². The Hall–Kier alpha value is -1.07. The maximum absolute atomic E-state index is 11.6. The number of hydrogen-bond acceptors (Lipinski definition) is 3. The van der Waals surface area contributed by atoms with E-state index in [4.69, 9.17) is 5.73 Å². The molecule has 2 atom stereocenters. The molecule has 0 fully saturated rings. The molecule has 1 amide bonds. The maximum Gasteiger partial charge on any atom is 0.224 e. The number of rotatable bonds is 5. The third-order valence-electron chi connectivity index (χ3n) is 2.67. The van der Waals surface area contributed by atoms with Crippen LogP contribution < -0.4 is 11.1 Å². The summed E-state index contributed by atoms with van der Waals surface area (Å²) in [4.78, 5) is 11.6. The molecular formula is C11H21ClN4O. The minimum atomic E-state index is -0.145. The predicted molar refractivity (Wildman–Crippen MR) is 70.0 cm³/mol. The monoisotopic (exact) mass is 260 g/mol. The number of nitrogens with two attached hydrogens (primary N) is 1. The lowest BCUT2D eigenvalue weighted by Crippen LogP contribution is -2.39. The lowest BCUT2D eigenvalue weighted by atomic mass is 10.0. The van der Waals surface area contributed by atoms with E-state index >= 15 is 0 Å². The summed E-state index contributed by atoms with van der Waals surface area (Å²) in [6.07, 6.45) is 4.55. The van der Waals surface area contributed by atoms with Crippen LogP contribution in [0, 0.1) is 5.92 Å². The quantitative estimate of drug-likeness (QED) is 0.809. The number of nitrogens with one attached hydrogen (secondary N) is 1. The number of amides is 1. The van der Waals surface area contributed by atoms with Crippen molar-refractivity contribution in [2.45, 2.75) is 26.3 Å². The molecule has 0 spiro atoms. The Morgan fingerprint density at radius 3 is 2.71 bits per heavy atom. The van der Waals surface area contributed by atoms with Gasteiger partial charge in [-0.3, -0.25) is 9.48 Å². The van der Waals surface area contributed by atoms with Crippen LogP contribution >= 0.6 is 12.4 Å². The van der Waals surface area contributed by atoms with Crippen LogP contribution in [0.3, 0.4) is 0 Å². The van der Waals surface area contributed by atoms with Crippen molar-refractivity contribution in [2.75, 3.05) is 6.54 Å². The van der Waals surface area contributed by atoms with Gasteiger partial charge in [0.15, 0.2) is 0 Å². The van der Waals surface area contributed by atoms with Crippen LogP contribution in [-0.2, 0) is 18.3 Å². The van der Waals surface area contributed by atoms with Gasteiger partial charge in [0.1, 0.15) is 0 Å². The Morgan fingerprint density at radius 1 is 1.59 bits per heavy atom. The van der Waals surface area contributed by atoms with Gasteiger partial charge in [-0.15, -0.1) is 12.4 Å². The van der Waals surface area contributed by atoms with Crippen molar-refractivity contribution in [2.24, 2.45) is 18.7 Å². The molecule has 0 radical (unpaired) electrons. The molecule has 0 saturated heterocycles. The van der Waals surface area contributed by atoms with Gasteiger partial charge < -0.3 is 11.1 Å². The van der Waals surface area contributed by atoms with E-state index in [1.807, 2.05) is 27.1 Å². The summed E-state index contributed by atoms with van der Waals surface area (Å²) in [7, 11) is 1.88. The maximum atomic E-state index is 11.6. The molecule has 0 bridgehead atoms. The Labute approximate surface area is 108 Å². The number of aromatic nitrogens is 2. The molecule has 6 heteroatoms. The topological polar surface area (TPSA) is 72.9 Å². The second-order valence-electron chi connectivity index (χ2n) is 4.21. The Bertz CT molecular complexity index is 351. The molecule has 5 nitrogen and oxygen atoms in total. The number of hydrogen-bond donors (Lipinski definition) is 2. The molecular weight excluding hydrogens is 240 g/mol. The molecule has 0 aliphatic carbocycles. The zero-order valence-electron chi connectivity index (χ0n) is 10.5. The van der Waals surface area contributed by atoms with Crippen molar-refractivity contribution in [3.05, 3.63) is 18.0 Å². The zero-order chi connectivity index (χ0) is 12.1. The Morgan fingerprint density at radius 2 is 2.24 bits per heavy atom. The van der Waals surface area contributed by atoms with Crippen LogP contribution in [0.5, 0.6) is 0 Å². The fourth-order valence-corrected chi connectivity index (χ4v) is 1.33. The summed E-state index contributed by atoms with van der Waals surface area (Å²) in [5.41, 5.74) is 6.77. The van der Waals surface area contributed by atoms with E-state index in [9.17, 15) is 4.79 Å². The number of halogens is 1. The zero-order valence-corrected chi connectivity index (χ0v) is 11.3. The molecule has 17 heavy (non-hydrogen) atoms. The smallest absolute Gasteiger partial charge is 0.224 e. The van der Waals surface area contributed by atoms with Gasteiger partial charge in [0.2, 0.25) is 5.91 Å². The second kappa shape index (κ2) is 7.29. The summed E-state index contributed by atoms with van der Waals surface area (Å²) >= 11 is 0. The van der Waals surface area contributed by atoms with E-state index in [-0.39, 0.29) is 30.3 Å². The molecule has 98 valence electrons. The van der Waals surface area contributed by atoms with Crippen molar-refractivity contribution in [3.8, 4) is 0 Å². The van der Waals surface area contributed by atoms with Gasteiger partial charge in [-0.05, 0) is 18.9 Å². The standard InChI is InChI=1S/C11H20N4O.ClH/c1-8(9(2)12)11(16)13-5-4-10-6-14-15(3)7-10;/h6-9H,4-5,12H2,1-3H3,(H,13,16);1H. The third-order valence-corrected chi connectivity index (χ3v) is 2.67. The van der Waals surface area contributed by atoms with E-state index < -0.39 is 0 Å². The van der Waals surface area contributed by atoms with Crippen molar-refractivity contribution in [1.29, 1.82) is 0 Å². The number of nitrogens with zero attached hydrogens (tertiary/aromatic N) is 2. The summed E-state index contributed by atoms with van der Waals surface area (Å²) in [5, 5.41) is 6.93. The molecule has 0 aromatic carbocycles. The SMILES string of the molecule is CC(N)C(C)C(=O)NCCc1cnn(C)c1.Cl. The van der Waals surface area contributed by atoms with E-state index in [1.54, 1.807) is 10.9 Å². The van der Waals surface area contributed by atoms with Crippen LogP contribution in [0.1, 0.15) is 19.4 Å². The van der Waals surface area contributed by atoms with E-state index in [0.717, 1.165) is 12.0 Å². The highest BCUT2D eigenvalue weighted by Gasteiger charge is 2.15. The van der Waals surface area contributed by atoms with Gasteiger partial charge >= 0.3 is 0 Å². The Balaban J connectivity index is 0.00000256. The van der Waals surface area contributed by atoms with Crippen LogP contribution in [-0.4, -0.2) is 28.3 Å². The first-order valence-electron chi connectivity index (χ1n) is 5.51. The first kappa shape index (κ1) is 15.9. The van der Waals surface area contributed by atoms with Crippen LogP contribution in [0.25, 0.3) is 0 Å². The minimum Gasteiger partial charge on any atom is -0.355 e. The van der Waals surface area contributed by atoms with Gasteiger partial charge in [-0.2, -0.15) is 5.10 Å². The number of carbonyl (C=O) groups excluding carboxylic acids is 1. The lowest BCUT2D eigenvalue weighted by molar-refractivity contribution is -0.124. The minimum absolute atomic E-state index is 0. The van der Waals surface area contributed by atoms with Gasteiger partial charge in [0.05, 0.1) is 6.20 Å². The van der Waals surface area contributed by atoms with Crippen molar-refractivity contribution in [1.82, 2.24) is 15.1 Å². The highest BCUT2D eigenvalue weighted by Crippen LogP contribution is 2.00. The molecule has 2 unspecified atom stereocenters.